The van der Waals surface area contributed by atoms with Gasteiger partial charge >= 0.3 is 12.1 Å². The largest absolute Gasteiger partial charge is 0.467 e. The Bertz CT molecular complexity index is 805. The Balaban J connectivity index is 2.16. The summed E-state index contributed by atoms with van der Waals surface area (Å²) in [5.41, 5.74) is -1.65. The van der Waals surface area contributed by atoms with Crippen LogP contribution in [0.2, 0.25) is 0 Å². The Kier molecular flexibility index (Phi) is 7.49. The molecule has 7 heteroatoms. The minimum atomic E-state index is -4.89. The molecule has 2 rings (SSSR count). The first kappa shape index (κ1) is 21.3. The van der Waals surface area contributed by atoms with Gasteiger partial charge in [0.2, 0.25) is 0 Å². The van der Waals surface area contributed by atoms with Gasteiger partial charge in [-0.1, -0.05) is 60.7 Å². The van der Waals surface area contributed by atoms with Crippen LogP contribution in [-0.2, 0) is 9.53 Å². The molecular formula is C21H21F3N2O2. The monoisotopic (exact) mass is 390 g/mol. The zero-order valence-corrected chi connectivity index (χ0v) is 15.4. The van der Waals surface area contributed by atoms with Gasteiger partial charge < -0.3 is 4.74 Å². The lowest BCUT2D eigenvalue weighted by molar-refractivity contribution is -0.204. The third kappa shape index (κ3) is 5.52. The van der Waals surface area contributed by atoms with Crippen LogP contribution in [0.5, 0.6) is 0 Å². The van der Waals surface area contributed by atoms with Crippen molar-refractivity contribution in [2.24, 2.45) is 9.98 Å². The van der Waals surface area contributed by atoms with Crippen LogP contribution < -0.4 is 0 Å². The van der Waals surface area contributed by atoms with Crippen molar-refractivity contribution in [3.63, 3.8) is 0 Å². The number of carbonyl (C=O) groups is 1. The van der Waals surface area contributed by atoms with Crippen molar-refractivity contribution < 1.29 is 22.7 Å². The highest BCUT2D eigenvalue weighted by Gasteiger charge is 2.61. The number of carbonyl (C=O) groups excluding carboxylic acids is 1. The van der Waals surface area contributed by atoms with E-state index < -0.39 is 24.1 Å². The summed E-state index contributed by atoms with van der Waals surface area (Å²) in [4.78, 5) is 19.9. The third-order valence-electron chi connectivity index (χ3n) is 4.09. The summed E-state index contributed by atoms with van der Waals surface area (Å²) in [6.07, 6.45) is -2.80. The van der Waals surface area contributed by atoms with Gasteiger partial charge in [-0.25, -0.2) is 4.79 Å². The molecule has 2 aromatic carbocycles. The van der Waals surface area contributed by atoms with Crippen LogP contribution in [0.15, 0.2) is 70.6 Å². The van der Waals surface area contributed by atoms with Crippen molar-refractivity contribution in [1.29, 1.82) is 0 Å². The van der Waals surface area contributed by atoms with E-state index in [1.165, 1.54) is 0 Å². The van der Waals surface area contributed by atoms with Gasteiger partial charge in [-0.3, -0.25) is 9.98 Å². The SMILES string of the molecule is COC(=O)C(CCCN=Cc1ccccc1)(N=Cc1ccccc1)C(F)(F)F. The molecule has 1 atom stereocenters. The number of hydrogen-bond donors (Lipinski definition) is 0. The van der Waals surface area contributed by atoms with E-state index >= 15 is 0 Å². The van der Waals surface area contributed by atoms with Gasteiger partial charge in [-0.05, 0) is 24.0 Å². The summed E-state index contributed by atoms with van der Waals surface area (Å²) in [5.74, 6) is -1.43. The average molecular weight is 390 g/mol. The molecular weight excluding hydrogens is 369 g/mol. The van der Waals surface area contributed by atoms with E-state index in [0.29, 0.717) is 5.56 Å². The van der Waals surface area contributed by atoms with E-state index in [-0.39, 0.29) is 13.0 Å². The predicted octanol–water partition coefficient (Wildman–Crippen LogP) is 4.48. The molecule has 0 aliphatic carbocycles. The molecule has 4 nitrogen and oxygen atoms in total. The zero-order chi connectivity index (χ0) is 20.5. The topological polar surface area (TPSA) is 51.0 Å². The minimum Gasteiger partial charge on any atom is -0.467 e. The van der Waals surface area contributed by atoms with E-state index in [0.717, 1.165) is 18.9 Å². The molecule has 28 heavy (non-hydrogen) atoms. The number of ether oxygens (including phenoxy) is 1. The summed E-state index contributed by atoms with van der Waals surface area (Å²) >= 11 is 0. The molecule has 0 bridgehead atoms. The van der Waals surface area contributed by atoms with Crippen molar-refractivity contribution in [3.05, 3.63) is 71.8 Å². The van der Waals surface area contributed by atoms with Crippen molar-refractivity contribution >= 4 is 18.4 Å². The predicted molar refractivity (Wildman–Crippen MR) is 103 cm³/mol. The molecule has 0 spiro atoms. The molecule has 148 valence electrons. The summed E-state index contributed by atoms with van der Waals surface area (Å²) in [6.45, 7) is 0.130. The lowest BCUT2D eigenvalue weighted by atomic mass is 9.93. The summed E-state index contributed by atoms with van der Waals surface area (Å²) in [5, 5.41) is 0. The lowest BCUT2D eigenvalue weighted by Crippen LogP contribution is -2.51. The highest BCUT2D eigenvalue weighted by atomic mass is 19.4. The molecule has 0 aliphatic rings. The molecule has 0 fully saturated rings. The first-order valence-electron chi connectivity index (χ1n) is 8.69. The highest BCUT2D eigenvalue weighted by molar-refractivity contribution is 5.87. The molecule has 1 unspecified atom stereocenters. The normalized spacial score (nSPS) is 14.3. The van der Waals surface area contributed by atoms with E-state index in [9.17, 15) is 18.0 Å². The van der Waals surface area contributed by atoms with Gasteiger partial charge in [-0.2, -0.15) is 13.2 Å². The number of benzene rings is 2. The summed E-state index contributed by atoms with van der Waals surface area (Å²) < 4.78 is 46.0. The number of nitrogens with zero attached hydrogens (tertiary/aromatic N) is 2. The van der Waals surface area contributed by atoms with Gasteiger partial charge in [0.15, 0.2) is 0 Å². The van der Waals surface area contributed by atoms with Crippen molar-refractivity contribution in [1.82, 2.24) is 0 Å². The van der Waals surface area contributed by atoms with Gasteiger partial charge in [0.1, 0.15) is 0 Å². The van der Waals surface area contributed by atoms with Gasteiger partial charge in [-0.15, -0.1) is 0 Å². The molecule has 0 aliphatic heterocycles. The molecule has 0 saturated carbocycles. The number of hydrogen-bond acceptors (Lipinski definition) is 4. The summed E-state index contributed by atoms with van der Waals surface area (Å²) in [6, 6.07) is 17.5. The van der Waals surface area contributed by atoms with Crippen molar-refractivity contribution in [2.75, 3.05) is 13.7 Å². The Morgan fingerprint density at radius 3 is 2.00 bits per heavy atom. The Morgan fingerprint density at radius 2 is 1.50 bits per heavy atom. The van der Waals surface area contributed by atoms with Crippen molar-refractivity contribution in [2.45, 2.75) is 24.6 Å². The fraction of sp³-hybridized carbons (Fsp3) is 0.286. The number of aliphatic imine (C=N–C) groups is 2. The minimum absolute atomic E-state index is 0.0179. The molecule has 2 aromatic rings. The van der Waals surface area contributed by atoms with E-state index in [2.05, 4.69) is 14.7 Å². The lowest BCUT2D eigenvalue weighted by Gasteiger charge is -2.29. The van der Waals surface area contributed by atoms with Crippen LogP contribution in [0, 0.1) is 0 Å². The number of rotatable bonds is 8. The van der Waals surface area contributed by atoms with Crippen LogP contribution in [0.25, 0.3) is 0 Å². The van der Waals surface area contributed by atoms with Crippen LogP contribution in [0.4, 0.5) is 13.2 Å². The summed E-state index contributed by atoms with van der Waals surface area (Å²) in [7, 11) is 0.925. The average Bonchev–Trinajstić information content (AvgIpc) is 2.70. The number of esters is 1. The quantitative estimate of drug-likeness (QED) is 0.379. The Labute approximate surface area is 161 Å². The Morgan fingerprint density at radius 1 is 0.964 bits per heavy atom. The van der Waals surface area contributed by atoms with E-state index in [1.807, 2.05) is 30.3 Å². The van der Waals surface area contributed by atoms with Crippen LogP contribution in [-0.4, -0.2) is 43.8 Å². The first-order valence-corrected chi connectivity index (χ1v) is 8.69. The third-order valence-corrected chi connectivity index (χ3v) is 4.09. The van der Waals surface area contributed by atoms with Crippen LogP contribution >= 0.6 is 0 Å². The van der Waals surface area contributed by atoms with Gasteiger partial charge in [0, 0.05) is 19.0 Å². The number of halogens is 3. The Hall–Kier alpha value is -2.96. The van der Waals surface area contributed by atoms with E-state index in [1.54, 1.807) is 36.5 Å². The molecule has 0 N–H and O–H groups in total. The second kappa shape index (κ2) is 9.82. The zero-order valence-electron chi connectivity index (χ0n) is 15.4. The fourth-order valence-electron chi connectivity index (χ4n) is 2.58. The maximum Gasteiger partial charge on any atom is 0.424 e. The van der Waals surface area contributed by atoms with Gasteiger partial charge in [0.05, 0.1) is 7.11 Å². The number of methoxy groups -OCH3 is 1. The highest BCUT2D eigenvalue weighted by Crippen LogP contribution is 2.38. The first-order chi connectivity index (χ1) is 13.4. The molecule has 0 heterocycles. The van der Waals surface area contributed by atoms with Crippen LogP contribution in [0.3, 0.4) is 0 Å². The molecule has 0 saturated heterocycles. The molecule has 0 amide bonds. The van der Waals surface area contributed by atoms with E-state index in [4.69, 9.17) is 0 Å². The number of alkyl halides is 3. The maximum atomic E-state index is 13.8. The second-order valence-electron chi connectivity index (χ2n) is 6.07. The van der Waals surface area contributed by atoms with Gasteiger partial charge in [0.25, 0.3) is 5.54 Å². The second-order valence-corrected chi connectivity index (χ2v) is 6.07. The molecule has 0 aromatic heterocycles. The van der Waals surface area contributed by atoms with Crippen LogP contribution in [0.1, 0.15) is 24.0 Å². The fourth-order valence-corrected chi connectivity index (χ4v) is 2.58. The maximum absolute atomic E-state index is 13.8. The smallest absolute Gasteiger partial charge is 0.424 e. The molecule has 0 radical (unpaired) electrons. The standard InChI is InChI=1S/C21H21F3N2O2/c1-28-19(27)20(21(22,23)24,26-16-18-11-6-3-7-12-18)13-8-14-25-15-17-9-4-2-5-10-17/h2-7,9-12,15-16H,8,13-14H2,1H3. The van der Waals surface area contributed by atoms with Crippen molar-refractivity contribution in [3.8, 4) is 0 Å².